The molecule has 0 bridgehead atoms. The molecule has 4 heteroatoms. The van der Waals surface area contributed by atoms with Crippen molar-refractivity contribution >= 4 is 0 Å². The van der Waals surface area contributed by atoms with Gasteiger partial charge < -0.3 is 21.7 Å². The van der Waals surface area contributed by atoms with Crippen molar-refractivity contribution < 1.29 is 0 Å². The molecule has 5 N–H and O–H groups in total. The van der Waals surface area contributed by atoms with Crippen LogP contribution < -0.4 is 21.7 Å². The van der Waals surface area contributed by atoms with Crippen LogP contribution in [0.1, 0.15) is 26.2 Å². The van der Waals surface area contributed by atoms with Crippen molar-refractivity contribution in [1.82, 2.24) is 16.0 Å². The zero-order valence-electron chi connectivity index (χ0n) is 9.78. The van der Waals surface area contributed by atoms with E-state index < -0.39 is 0 Å². The second-order valence-corrected chi connectivity index (χ2v) is 4.81. The van der Waals surface area contributed by atoms with E-state index in [2.05, 4.69) is 22.9 Å². The van der Waals surface area contributed by atoms with Gasteiger partial charge in [-0.15, -0.1) is 0 Å². The van der Waals surface area contributed by atoms with Crippen molar-refractivity contribution in [1.29, 1.82) is 0 Å². The highest BCUT2D eigenvalue weighted by Gasteiger charge is 2.42. The number of nitrogens with one attached hydrogen (secondary N) is 3. The first-order valence-corrected chi connectivity index (χ1v) is 5.31. The van der Waals surface area contributed by atoms with Crippen LogP contribution in [0.4, 0.5) is 0 Å². The van der Waals surface area contributed by atoms with Gasteiger partial charge in [0.05, 0.1) is 5.66 Å². The molecular formula is C10H24N4. The maximum Gasteiger partial charge on any atom is 0.0714 e. The van der Waals surface area contributed by atoms with E-state index in [0.29, 0.717) is 6.04 Å². The van der Waals surface area contributed by atoms with Gasteiger partial charge in [-0.05, 0) is 47.3 Å². The van der Waals surface area contributed by atoms with Crippen LogP contribution in [0.2, 0.25) is 0 Å². The van der Waals surface area contributed by atoms with Gasteiger partial charge in [0, 0.05) is 11.6 Å². The first kappa shape index (κ1) is 11.9. The number of hydrogen-bond donors (Lipinski definition) is 4. The largest absolute Gasteiger partial charge is 0.325 e. The summed E-state index contributed by atoms with van der Waals surface area (Å²) in [5.41, 5.74) is 6.13. The van der Waals surface area contributed by atoms with Crippen LogP contribution in [0.3, 0.4) is 0 Å². The van der Waals surface area contributed by atoms with E-state index in [1.165, 1.54) is 0 Å². The first-order chi connectivity index (χ1) is 6.47. The summed E-state index contributed by atoms with van der Waals surface area (Å²) in [5.74, 6) is 0. The molecule has 0 aromatic rings. The maximum atomic E-state index is 6.25. The van der Waals surface area contributed by atoms with Crippen molar-refractivity contribution in [2.75, 3.05) is 21.1 Å². The van der Waals surface area contributed by atoms with Crippen molar-refractivity contribution in [2.45, 2.75) is 43.4 Å². The topological polar surface area (TPSA) is 62.1 Å². The molecule has 14 heavy (non-hydrogen) atoms. The van der Waals surface area contributed by atoms with Gasteiger partial charge in [-0.25, -0.2) is 0 Å². The van der Waals surface area contributed by atoms with Gasteiger partial charge in [-0.2, -0.15) is 0 Å². The molecule has 84 valence electrons. The molecule has 0 amide bonds. The van der Waals surface area contributed by atoms with Crippen molar-refractivity contribution in [3.63, 3.8) is 0 Å². The monoisotopic (exact) mass is 200 g/mol. The van der Waals surface area contributed by atoms with E-state index in [1.807, 2.05) is 21.1 Å². The lowest BCUT2D eigenvalue weighted by atomic mass is 9.74. The molecule has 4 nitrogen and oxygen atoms in total. The third-order valence-corrected chi connectivity index (χ3v) is 3.38. The van der Waals surface area contributed by atoms with Crippen LogP contribution in [0.5, 0.6) is 0 Å². The number of nitrogens with two attached hydrogens (primary N) is 1. The summed E-state index contributed by atoms with van der Waals surface area (Å²) in [6, 6.07) is 0.485. The molecule has 0 aromatic carbocycles. The minimum absolute atomic E-state index is 0.0184. The Morgan fingerprint density at radius 2 is 1.71 bits per heavy atom. The van der Waals surface area contributed by atoms with Crippen molar-refractivity contribution in [2.24, 2.45) is 5.73 Å². The predicted molar refractivity (Wildman–Crippen MR) is 60.1 cm³/mol. The quantitative estimate of drug-likeness (QED) is 0.469. The van der Waals surface area contributed by atoms with Crippen LogP contribution in [-0.4, -0.2) is 38.4 Å². The van der Waals surface area contributed by atoms with Crippen LogP contribution in [0.25, 0.3) is 0 Å². The highest BCUT2D eigenvalue weighted by molar-refractivity contribution is 5.02. The van der Waals surface area contributed by atoms with Crippen LogP contribution in [-0.2, 0) is 0 Å². The summed E-state index contributed by atoms with van der Waals surface area (Å²) >= 11 is 0. The Kier molecular flexibility index (Phi) is 3.53. The van der Waals surface area contributed by atoms with E-state index >= 15 is 0 Å². The Balaban J connectivity index is 2.78. The fraction of sp³-hybridized carbons (Fsp3) is 1.00. The molecule has 1 rings (SSSR count). The van der Waals surface area contributed by atoms with Crippen molar-refractivity contribution in [3.05, 3.63) is 0 Å². The summed E-state index contributed by atoms with van der Waals surface area (Å²) in [5, 5.41) is 10.0. The Hall–Kier alpha value is -0.160. The molecule has 0 heterocycles. The Labute approximate surface area is 87.0 Å². The lowest BCUT2D eigenvalue weighted by Gasteiger charge is -2.48. The third-order valence-electron chi connectivity index (χ3n) is 3.38. The second-order valence-electron chi connectivity index (χ2n) is 4.81. The van der Waals surface area contributed by atoms with E-state index in [4.69, 9.17) is 5.73 Å². The van der Waals surface area contributed by atoms with Gasteiger partial charge in [0.2, 0.25) is 0 Å². The lowest BCUT2D eigenvalue weighted by Crippen LogP contribution is -2.66. The molecule has 1 aliphatic carbocycles. The molecule has 0 spiro atoms. The van der Waals surface area contributed by atoms with Gasteiger partial charge in [0.25, 0.3) is 0 Å². The van der Waals surface area contributed by atoms with E-state index in [0.717, 1.165) is 19.3 Å². The third kappa shape index (κ3) is 2.45. The molecule has 1 aliphatic rings. The fourth-order valence-corrected chi connectivity index (χ4v) is 2.60. The molecule has 2 atom stereocenters. The molecular weight excluding hydrogens is 176 g/mol. The average Bonchev–Trinajstić information content (AvgIpc) is 2.15. The van der Waals surface area contributed by atoms with Gasteiger partial charge in [-0.1, -0.05) is 0 Å². The molecule has 2 unspecified atom stereocenters. The minimum Gasteiger partial charge on any atom is -0.325 e. The number of rotatable bonds is 3. The Morgan fingerprint density at radius 3 is 2.14 bits per heavy atom. The summed E-state index contributed by atoms with van der Waals surface area (Å²) in [6.45, 7) is 2.12. The smallest absolute Gasteiger partial charge is 0.0714 e. The van der Waals surface area contributed by atoms with E-state index in [9.17, 15) is 0 Å². The van der Waals surface area contributed by atoms with Gasteiger partial charge in [-0.3, -0.25) is 0 Å². The number of hydrogen-bond acceptors (Lipinski definition) is 4. The molecule has 0 saturated heterocycles. The Bertz CT molecular complexity index is 187. The highest BCUT2D eigenvalue weighted by Crippen LogP contribution is 2.31. The van der Waals surface area contributed by atoms with Gasteiger partial charge >= 0.3 is 0 Å². The summed E-state index contributed by atoms with van der Waals surface area (Å²) in [4.78, 5) is 0. The standard InChI is InChI=1S/C10H24N4/c1-9(11)5-8(12-2)6-10(7-9,13-3)14-4/h8,12-14H,5-7,11H2,1-4H3. The zero-order chi connectivity index (χ0) is 10.8. The molecule has 1 saturated carbocycles. The minimum atomic E-state index is -0.0993. The second kappa shape index (κ2) is 4.14. The SMILES string of the molecule is CNC1CC(C)(N)CC(NC)(NC)C1. The van der Waals surface area contributed by atoms with Gasteiger partial charge in [0.1, 0.15) is 0 Å². The molecule has 0 aliphatic heterocycles. The van der Waals surface area contributed by atoms with Crippen LogP contribution >= 0.6 is 0 Å². The fourth-order valence-electron chi connectivity index (χ4n) is 2.60. The predicted octanol–water partition coefficient (Wildman–Crippen LogP) is -0.389. The maximum absolute atomic E-state index is 6.25. The molecule has 0 aromatic heterocycles. The van der Waals surface area contributed by atoms with Crippen molar-refractivity contribution in [3.8, 4) is 0 Å². The highest BCUT2D eigenvalue weighted by atomic mass is 15.2. The average molecular weight is 200 g/mol. The van der Waals surface area contributed by atoms with E-state index in [1.54, 1.807) is 0 Å². The molecule has 1 fully saturated rings. The lowest BCUT2D eigenvalue weighted by molar-refractivity contribution is 0.119. The normalized spacial score (nSPS) is 37.1. The summed E-state index contributed by atoms with van der Waals surface area (Å²) in [6.07, 6.45) is 3.07. The van der Waals surface area contributed by atoms with E-state index in [-0.39, 0.29) is 11.2 Å². The summed E-state index contributed by atoms with van der Waals surface area (Å²) < 4.78 is 0. The van der Waals surface area contributed by atoms with Crippen LogP contribution in [0.15, 0.2) is 0 Å². The Morgan fingerprint density at radius 1 is 1.14 bits per heavy atom. The van der Waals surface area contributed by atoms with Gasteiger partial charge in [0.15, 0.2) is 0 Å². The summed E-state index contributed by atoms with van der Waals surface area (Å²) in [7, 11) is 5.98. The molecule has 0 radical (unpaired) electrons. The zero-order valence-corrected chi connectivity index (χ0v) is 9.78. The van der Waals surface area contributed by atoms with Crippen LogP contribution in [0, 0.1) is 0 Å². The first-order valence-electron chi connectivity index (χ1n) is 5.31.